The summed E-state index contributed by atoms with van der Waals surface area (Å²) in [6.07, 6.45) is 6.92. The van der Waals surface area contributed by atoms with Gasteiger partial charge in [-0.15, -0.1) is 0 Å². The largest absolute Gasteiger partial charge is 0.298 e. The molecule has 0 unspecified atom stereocenters. The van der Waals surface area contributed by atoms with E-state index in [1.165, 1.54) is 32.1 Å². The lowest BCUT2D eigenvalue weighted by atomic mass is 9.82. The van der Waals surface area contributed by atoms with E-state index in [0.29, 0.717) is 5.92 Å². The number of rotatable bonds is 2. The number of hydrogen-bond acceptors (Lipinski definition) is 2. The van der Waals surface area contributed by atoms with Crippen molar-refractivity contribution >= 4 is 0 Å². The van der Waals surface area contributed by atoms with Gasteiger partial charge in [0.25, 0.3) is 0 Å². The molecule has 1 heterocycles. The monoisotopic (exact) mass is 192 g/mol. The van der Waals surface area contributed by atoms with Crippen LogP contribution in [0.4, 0.5) is 0 Å². The van der Waals surface area contributed by atoms with Gasteiger partial charge in [-0.1, -0.05) is 13.3 Å². The van der Waals surface area contributed by atoms with Gasteiger partial charge in [-0.05, 0) is 31.6 Å². The Labute approximate surface area is 86.9 Å². The molecule has 0 aromatic carbocycles. The third kappa shape index (κ3) is 1.93. The predicted octanol–water partition coefficient (Wildman–Crippen LogP) is 2.41. The first-order chi connectivity index (χ1) is 6.83. The van der Waals surface area contributed by atoms with Gasteiger partial charge in [0.1, 0.15) is 0 Å². The number of nitrogens with zero attached hydrogens (tertiary/aromatic N) is 2. The smallest absolute Gasteiger partial charge is 0.0717 e. The van der Waals surface area contributed by atoms with Gasteiger partial charge in [0.15, 0.2) is 0 Å². The number of likely N-dealkylation sites (tertiary alicyclic amines) is 1. The lowest BCUT2D eigenvalue weighted by Gasteiger charge is -2.44. The highest BCUT2D eigenvalue weighted by atomic mass is 15.2. The lowest BCUT2D eigenvalue weighted by Crippen LogP contribution is -2.52. The van der Waals surface area contributed by atoms with Crippen molar-refractivity contribution in [1.82, 2.24) is 4.90 Å². The van der Waals surface area contributed by atoms with Gasteiger partial charge in [-0.25, -0.2) is 0 Å². The lowest BCUT2D eigenvalue weighted by molar-refractivity contribution is 0.0497. The van der Waals surface area contributed by atoms with Crippen LogP contribution in [0.3, 0.4) is 0 Å². The molecule has 0 atom stereocenters. The van der Waals surface area contributed by atoms with Crippen molar-refractivity contribution in [3.63, 3.8) is 0 Å². The van der Waals surface area contributed by atoms with Crippen LogP contribution in [0.25, 0.3) is 0 Å². The standard InChI is InChI=1S/C12H20N2/c1-2-10-3-5-12(6-4-10)14-8-11(7-13)9-14/h10-12H,2-6,8-9H2,1H3. The predicted molar refractivity (Wildman–Crippen MR) is 56.7 cm³/mol. The molecule has 0 N–H and O–H groups in total. The highest BCUT2D eigenvalue weighted by Gasteiger charge is 2.33. The quantitative estimate of drug-likeness (QED) is 0.672. The fourth-order valence-corrected chi connectivity index (χ4v) is 2.81. The van der Waals surface area contributed by atoms with Crippen LogP contribution in [-0.4, -0.2) is 24.0 Å². The first-order valence-electron chi connectivity index (χ1n) is 5.97. The first kappa shape index (κ1) is 9.98. The molecule has 14 heavy (non-hydrogen) atoms. The van der Waals surface area contributed by atoms with Crippen molar-refractivity contribution in [2.24, 2.45) is 11.8 Å². The summed E-state index contributed by atoms with van der Waals surface area (Å²) in [4.78, 5) is 2.51. The third-order valence-electron chi connectivity index (χ3n) is 4.00. The van der Waals surface area contributed by atoms with E-state index in [2.05, 4.69) is 17.9 Å². The Bertz CT molecular complexity index is 217. The molecule has 0 radical (unpaired) electrons. The molecule has 78 valence electrons. The Morgan fingerprint density at radius 3 is 2.36 bits per heavy atom. The maximum atomic E-state index is 8.71. The summed E-state index contributed by atoms with van der Waals surface area (Å²) < 4.78 is 0. The zero-order valence-corrected chi connectivity index (χ0v) is 9.08. The fourth-order valence-electron chi connectivity index (χ4n) is 2.81. The van der Waals surface area contributed by atoms with Crippen LogP contribution in [0.15, 0.2) is 0 Å². The van der Waals surface area contributed by atoms with Crippen LogP contribution < -0.4 is 0 Å². The van der Waals surface area contributed by atoms with E-state index in [-0.39, 0.29) is 0 Å². The zero-order valence-electron chi connectivity index (χ0n) is 9.08. The molecule has 0 amide bonds. The minimum atomic E-state index is 0.332. The van der Waals surface area contributed by atoms with Crippen molar-refractivity contribution in [3.8, 4) is 6.07 Å². The molecule has 1 aliphatic carbocycles. The maximum absolute atomic E-state index is 8.71. The molecule has 1 aliphatic heterocycles. The summed E-state index contributed by atoms with van der Waals surface area (Å²) in [5.74, 6) is 1.32. The number of hydrogen-bond donors (Lipinski definition) is 0. The molecule has 0 aromatic heterocycles. The second kappa shape index (κ2) is 4.31. The first-order valence-corrected chi connectivity index (χ1v) is 5.97. The summed E-state index contributed by atoms with van der Waals surface area (Å²) >= 11 is 0. The molecule has 0 aromatic rings. The van der Waals surface area contributed by atoms with E-state index < -0.39 is 0 Å². The molecule has 2 aliphatic rings. The van der Waals surface area contributed by atoms with E-state index >= 15 is 0 Å². The van der Waals surface area contributed by atoms with Gasteiger partial charge in [-0.2, -0.15) is 5.26 Å². The van der Waals surface area contributed by atoms with Gasteiger partial charge in [0, 0.05) is 19.1 Å². The highest BCUT2D eigenvalue weighted by molar-refractivity contribution is 4.97. The Balaban J connectivity index is 1.72. The maximum Gasteiger partial charge on any atom is 0.0717 e. The zero-order chi connectivity index (χ0) is 9.97. The summed E-state index contributed by atoms with van der Waals surface area (Å²) in [5, 5.41) is 8.71. The topological polar surface area (TPSA) is 27.0 Å². The SMILES string of the molecule is CCC1CCC(N2CC(C#N)C2)CC1. The average Bonchev–Trinajstić information content (AvgIpc) is 2.17. The molecule has 2 rings (SSSR count). The highest BCUT2D eigenvalue weighted by Crippen LogP contribution is 2.32. The third-order valence-corrected chi connectivity index (χ3v) is 4.00. The van der Waals surface area contributed by atoms with Gasteiger partial charge >= 0.3 is 0 Å². The van der Waals surface area contributed by atoms with Crippen LogP contribution in [0.1, 0.15) is 39.0 Å². The molecule has 2 fully saturated rings. The Kier molecular flexibility index (Phi) is 3.08. The van der Waals surface area contributed by atoms with Crippen LogP contribution >= 0.6 is 0 Å². The van der Waals surface area contributed by atoms with Crippen LogP contribution in [0, 0.1) is 23.2 Å². The molecule has 0 bridgehead atoms. The van der Waals surface area contributed by atoms with Gasteiger partial charge in [0.05, 0.1) is 12.0 Å². The minimum absolute atomic E-state index is 0.332. The van der Waals surface area contributed by atoms with E-state index in [0.717, 1.165) is 25.0 Å². The van der Waals surface area contributed by atoms with Crippen LogP contribution in [-0.2, 0) is 0 Å². The molecule has 1 saturated heterocycles. The van der Waals surface area contributed by atoms with Crippen LogP contribution in [0.2, 0.25) is 0 Å². The molecule has 0 spiro atoms. The molecule has 1 saturated carbocycles. The summed E-state index contributed by atoms with van der Waals surface area (Å²) in [6, 6.07) is 3.16. The van der Waals surface area contributed by atoms with Crippen molar-refractivity contribution in [2.45, 2.75) is 45.1 Å². The Morgan fingerprint density at radius 1 is 1.21 bits per heavy atom. The molecule has 2 heteroatoms. The molecule has 2 nitrogen and oxygen atoms in total. The van der Waals surface area contributed by atoms with E-state index in [1.807, 2.05) is 0 Å². The second-order valence-electron chi connectivity index (χ2n) is 4.86. The average molecular weight is 192 g/mol. The van der Waals surface area contributed by atoms with Crippen molar-refractivity contribution in [3.05, 3.63) is 0 Å². The van der Waals surface area contributed by atoms with E-state index in [4.69, 9.17) is 5.26 Å². The Morgan fingerprint density at radius 2 is 1.86 bits per heavy atom. The molecular formula is C12H20N2. The Hall–Kier alpha value is -0.550. The number of nitriles is 1. The van der Waals surface area contributed by atoms with Crippen LogP contribution in [0.5, 0.6) is 0 Å². The van der Waals surface area contributed by atoms with Crippen molar-refractivity contribution < 1.29 is 0 Å². The van der Waals surface area contributed by atoms with Crippen molar-refractivity contribution in [2.75, 3.05) is 13.1 Å². The molecular weight excluding hydrogens is 172 g/mol. The second-order valence-corrected chi connectivity index (χ2v) is 4.86. The summed E-state index contributed by atoms with van der Waals surface area (Å²) in [7, 11) is 0. The van der Waals surface area contributed by atoms with Gasteiger partial charge < -0.3 is 0 Å². The van der Waals surface area contributed by atoms with E-state index in [9.17, 15) is 0 Å². The summed E-state index contributed by atoms with van der Waals surface area (Å²) in [5.41, 5.74) is 0. The van der Waals surface area contributed by atoms with Crippen molar-refractivity contribution in [1.29, 1.82) is 5.26 Å². The van der Waals surface area contributed by atoms with E-state index in [1.54, 1.807) is 0 Å². The van der Waals surface area contributed by atoms with Gasteiger partial charge in [0.2, 0.25) is 0 Å². The summed E-state index contributed by atoms with van der Waals surface area (Å²) in [6.45, 7) is 4.39. The normalized spacial score (nSPS) is 34.9. The minimum Gasteiger partial charge on any atom is -0.298 e. The fraction of sp³-hybridized carbons (Fsp3) is 0.917. The van der Waals surface area contributed by atoms with Gasteiger partial charge in [-0.3, -0.25) is 4.90 Å².